The van der Waals surface area contributed by atoms with Gasteiger partial charge in [-0.05, 0) is 17.5 Å². The molecule has 0 aliphatic rings. The lowest BCUT2D eigenvalue weighted by molar-refractivity contribution is -0.129. The number of benzene rings is 2. The van der Waals surface area contributed by atoms with E-state index in [-0.39, 0.29) is 6.04 Å². The number of hydrogen-bond acceptors (Lipinski definition) is 4. The molecule has 2 rings (SSSR count). The zero-order valence-corrected chi connectivity index (χ0v) is 12.4. The normalized spacial score (nSPS) is 10.8. The summed E-state index contributed by atoms with van der Waals surface area (Å²) in [7, 11) is 0. The highest BCUT2D eigenvalue weighted by Gasteiger charge is 2.03. The first-order valence-electron chi connectivity index (χ1n) is 7.11. The second kappa shape index (κ2) is 11.2. The number of ether oxygens (including phenoxy) is 1. The standard InChI is InChI=1S/C10H13NO.C8H8O2/c11-10(7-4-8-12)9-5-2-1-3-6-9;9-7-10-6-8-4-2-1-3-5-8/h1-3,5-6,8,10H,4,7,11H2;1-5,7H,6H2. The topological polar surface area (TPSA) is 69.4 Å². The third-order valence-electron chi connectivity index (χ3n) is 2.98. The smallest absolute Gasteiger partial charge is 0.293 e. The summed E-state index contributed by atoms with van der Waals surface area (Å²) in [6.07, 6.45) is 2.17. The molecule has 4 heteroatoms. The molecule has 1 unspecified atom stereocenters. The van der Waals surface area contributed by atoms with Gasteiger partial charge in [-0.25, -0.2) is 0 Å². The van der Waals surface area contributed by atoms with Crippen LogP contribution in [-0.4, -0.2) is 12.8 Å². The molecule has 2 aromatic carbocycles. The molecular weight excluding hydrogens is 278 g/mol. The monoisotopic (exact) mass is 299 g/mol. The third-order valence-corrected chi connectivity index (χ3v) is 2.98. The quantitative estimate of drug-likeness (QED) is 0.798. The van der Waals surface area contributed by atoms with Gasteiger partial charge in [0.05, 0.1) is 0 Å². The first-order chi connectivity index (χ1) is 10.8. The molecule has 0 fully saturated rings. The van der Waals surface area contributed by atoms with Crippen molar-refractivity contribution in [3.8, 4) is 0 Å². The molecule has 0 aliphatic carbocycles. The van der Waals surface area contributed by atoms with Crippen molar-refractivity contribution in [2.45, 2.75) is 25.5 Å². The van der Waals surface area contributed by atoms with Gasteiger partial charge < -0.3 is 15.3 Å². The predicted molar refractivity (Wildman–Crippen MR) is 86.0 cm³/mol. The average Bonchev–Trinajstić information content (AvgIpc) is 2.60. The lowest BCUT2D eigenvalue weighted by atomic mass is 10.0. The van der Waals surface area contributed by atoms with Crippen molar-refractivity contribution < 1.29 is 14.3 Å². The maximum atomic E-state index is 10.1. The highest BCUT2D eigenvalue weighted by Crippen LogP contribution is 2.13. The average molecular weight is 299 g/mol. The van der Waals surface area contributed by atoms with Gasteiger partial charge >= 0.3 is 0 Å². The molecule has 0 heterocycles. The van der Waals surface area contributed by atoms with Crippen LogP contribution in [0.3, 0.4) is 0 Å². The third kappa shape index (κ3) is 7.36. The number of nitrogens with two attached hydrogens (primary N) is 1. The number of hydrogen-bond donors (Lipinski definition) is 1. The second-order valence-corrected chi connectivity index (χ2v) is 4.65. The van der Waals surface area contributed by atoms with E-state index in [0.717, 1.165) is 23.8 Å². The molecule has 0 saturated carbocycles. The molecule has 0 aliphatic heterocycles. The van der Waals surface area contributed by atoms with Crippen LogP contribution in [0.5, 0.6) is 0 Å². The molecule has 0 amide bonds. The molecule has 0 radical (unpaired) electrons. The minimum absolute atomic E-state index is 0.00333. The summed E-state index contributed by atoms with van der Waals surface area (Å²) in [4.78, 5) is 19.8. The Hall–Kier alpha value is -2.46. The second-order valence-electron chi connectivity index (χ2n) is 4.65. The van der Waals surface area contributed by atoms with Crippen LogP contribution < -0.4 is 5.73 Å². The van der Waals surface area contributed by atoms with Gasteiger partial charge in [-0.2, -0.15) is 0 Å². The molecule has 2 N–H and O–H groups in total. The molecule has 0 saturated heterocycles. The Balaban J connectivity index is 0.000000224. The maximum Gasteiger partial charge on any atom is 0.293 e. The van der Waals surface area contributed by atoms with E-state index in [4.69, 9.17) is 5.73 Å². The van der Waals surface area contributed by atoms with Crippen molar-refractivity contribution in [3.63, 3.8) is 0 Å². The zero-order valence-electron chi connectivity index (χ0n) is 12.4. The minimum atomic E-state index is -0.00333. The summed E-state index contributed by atoms with van der Waals surface area (Å²) in [5, 5.41) is 0. The van der Waals surface area contributed by atoms with Gasteiger partial charge in [0.25, 0.3) is 6.47 Å². The van der Waals surface area contributed by atoms with E-state index in [1.807, 2.05) is 60.7 Å². The van der Waals surface area contributed by atoms with Crippen molar-refractivity contribution in [2.24, 2.45) is 5.73 Å². The molecule has 22 heavy (non-hydrogen) atoms. The van der Waals surface area contributed by atoms with E-state index in [9.17, 15) is 9.59 Å². The predicted octanol–water partition coefficient (Wildman–Crippen LogP) is 3.03. The highest BCUT2D eigenvalue weighted by atomic mass is 16.5. The highest BCUT2D eigenvalue weighted by molar-refractivity contribution is 5.49. The number of rotatable bonds is 7. The van der Waals surface area contributed by atoms with Crippen LogP contribution in [-0.2, 0) is 20.9 Å². The fourth-order valence-electron chi connectivity index (χ4n) is 1.82. The Labute approximate surface area is 130 Å². The van der Waals surface area contributed by atoms with Gasteiger partial charge in [0.15, 0.2) is 0 Å². The largest absolute Gasteiger partial charge is 0.463 e. The van der Waals surface area contributed by atoms with E-state index in [0.29, 0.717) is 19.5 Å². The molecule has 0 bridgehead atoms. The van der Waals surface area contributed by atoms with Crippen molar-refractivity contribution in [1.29, 1.82) is 0 Å². The van der Waals surface area contributed by atoms with Gasteiger partial charge in [0.1, 0.15) is 12.9 Å². The van der Waals surface area contributed by atoms with Gasteiger partial charge in [-0.15, -0.1) is 0 Å². The Morgan fingerprint density at radius 3 is 2.09 bits per heavy atom. The van der Waals surface area contributed by atoms with Crippen LogP contribution in [0.25, 0.3) is 0 Å². The fourth-order valence-corrected chi connectivity index (χ4v) is 1.82. The molecule has 2 aromatic rings. The van der Waals surface area contributed by atoms with Crippen LogP contribution in [0.1, 0.15) is 30.0 Å². The van der Waals surface area contributed by atoms with Gasteiger partial charge in [0.2, 0.25) is 0 Å². The molecule has 0 aromatic heterocycles. The number of carbonyl (C=O) groups excluding carboxylic acids is 2. The summed E-state index contributed by atoms with van der Waals surface area (Å²) >= 11 is 0. The van der Waals surface area contributed by atoms with Crippen molar-refractivity contribution >= 4 is 12.8 Å². The van der Waals surface area contributed by atoms with Crippen LogP contribution in [0.2, 0.25) is 0 Å². The van der Waals surface area contributed by atoms with Crippen molar-refractivity contribution in [1.82, 2.24) is 0 Å². The van der Waals surface area contributed by atoms with E-state index in [1.54, 1.807) is 0 Å². The number of carbonyl (C=O) groups is 2. The maximum absolute atomic E-state index is 10.1. The fraction of sp³-hybridized carbons (Fsp3) is 0.222. The van der Waals surface area contributed by atoms with Crippen molar-refractivity contribution in [2.75, 3.05) is 0 Å². The molecule has 1 atom stereocenters. The van der Waals surface area contributed by atoms with Crippen LogP contribution in [0.15, 0.2) is 60.7 Å². The van der Waals surface area contributed by atoms with E-state index >= 15 is 0 Å². The van der Waals surface area contributed by atoms with Crippen LogP contribution >= 0.6 is 0 Å². The first kappa shape index (κ1) is 17.6. The summed E-state index contributed by atoms with van der Waals surface area (Å²) in [5.41, 5.74) is 7.93. The van der Waals surface area contributed by atoms with Gasteiger partial charge in [-0.3, -0.25) is 4.79 Å². The minimum Gasteiger partial charge on any atom is -0.463 e. The Morgan fingerprint density at radius 1 is 0.955 bits per heavy atom. The van der Waals surface area contributed by atoms with Crippen molar-refractivity contribution in [3.05, 3.63) is 71.8 Å². The van der Waals surface area contributed by atoms with E-state index in [1.165, 1.54) is 0 Å². The van der Waals surface area contributed by atoms with Crippen LogP contribution in [0, 0.1) is 0 Å². The van der Waals surface area contributed by atoms with Crippen LogP contribution in [0.4, 0.5) is 0 Å². The molecular formula is C18H21NO3. The summed E-state index contributed by atoms with van der Waals surface area (Å²) in [6, 6.07) is 19.4. The van der Waals surface area contributed by atoms with E-state index in [2.05, 4.69) is 4.74 Å². The van der Waals surface area contributed by atoms with E-state index < -0.39 is 0 Å². The summed E-state index contributed by atoms with van der Waals surface area (Å²) in [5.74, 6) is 0. The lowest BCUT2D eigenvalue weighted by Crippen LogP contribution is -2.09. The number of aldehydes is 1. The first-order valence-corrected chi connectivity index (χ1v) is 7.11. The SMILES string of the molecule is NC(CCC=O)c1ccccc1.O=COCc1ccccc1. The molecule has 0 spiro atoms. The summed E-state index contributed by atoms with van der Waals surface area (Å²) in [6.45, 7) is 0.817. The Bertz CT molecular complexity index is 529. The zero-order chi connectivity index (χ0) is 16.0. The van der Waals surface area contributed by atoms with Gasteiger partial charge in [-0.1, -0.05) is 60.7 Å². The molecule has 116 valence electrons. The summed E-state index contributed by atoms with van der Waals surface area (Å²) < 4.78 is 4.54. The molecule has 4 nitrogen and oxygen atoms in total. The Kier molecular flexibility index (Phi) is 8.98. The Morgan fingerprint density at radius 2 is 1.55 bits per heavy atom. The lowest BCUT2D eigenvalue weighted by Gasteiger charge is -2.08. The van der Waals surface area contributed by atoms with Gasteiger partial charge in [0, 0.05) is 12.5 Å².